The first-order valence-corrected chi connectivity index (χ1v) is 6.08. The van der Waals surface area contributed by atoms with Crippen LogP contribution >= 0.6 is 0 Å². The van der Waals surface area contributed by atoms with Gasteiger partial charge in [0, 0.05) is 18.5 Å². The fraction of sp³-hybridized carbons (Fsp3) is 0.917. The number of likely N-dealkylation sites (tertiary alicyclic amines) is 1. The highest BCUT2D eigenvalue weighted by Gasteiger charge is 2.31. The SMILES string of the molecule is CN1CCCC(N(C)CC(=O)C2CC2)C1. The molecule has 1 atom stereocenters. The lowest BCUT2D eigenvalue weighted by Gasteiger charge is -2.35. The molecule has 1 saturated carbocycles. The van der Waals surface area contributed by atoms with Crippen LogP contribution in [-0.2, 0) is 4.79 Å². The van der Waals surface area contributed by atoms with E-state index in [9.17, 15) is 4.79 Å². The summed E-state index contributed by atoms with van der Waals surface area (Å²) in [5.74, 6) is 0.875. The minimum Gasteiger partial charge on any atom is -0.305 e. The molecule has 0 aromatic carbocycles. The van der Waals surface area contributed by atoms with Gasteiger partial charge >= 0.3 is 0 Å². The second kappa shape index (κ2) is 4.62. The lowest BCUT2D eigenvalue weighted by Crippen LogP contribution is -2.46. The molecule has 0 spiro atoms. The van der Waals surface area contributed by atoms with Crippen LogP contribution in [0.3, 0.4) is 0 Å². The summed E-state index contributed by atoms with van der Waals surface area (Å²) in [6.45, 7) is 3.00. The monoisotopic (exact) mass is 210 g/mol. The zero-order valence-electron chi connectivity index (χ0n) is 9.91. The summed E-state index contributed by atoms with van der Waals surface area (Å²) in [6.07, 6.45) is 4.79. The van der Waals surface area contributed by atoms with Crippen molar-refractivity contribution in [3.8, 4) is 0 Å². The standard InChI is InChI=1S/C12H22N2O/c1-13-7-3-4-11(8-13)14(2)9-12(15)10-5-6-10/h10-11H,3-9H2,1-2H3. The van der Waals surface area contributed by atoms with Crippen LogP contribution in [0.1, 0.15) is 25.7 Å². The average Bonchev–Trinajstić information content (AvgIpc) is 3.00. The quantitative estimate of drug-likeness (QED) is 0.691. The number of carbonyl (C=O) groups excluding carboxylic acids is 1. The molecule has 15 heavy (non-hydrogen) atoms. The first-order valence-electron chi connectivity index (χ1n) is 6.08. The normalized spacial score (nSPS) is 28.3. The lowest BCUT2D eigenvalue weighted by atomic mass is 10.0. The molecule has 0 radical (unpaired) electrons. The van der Waals surface area contributed by atoms with E-state index >= 15 is 0 Å². The lowest BCUT2D eigenvalue weighted by molar-refractivity contribution is -0.121. The van der Waals surface area contributed by atoms with Crippen LogP contribution in [0.4, 0.5) is 0 Å². The Morgan fingerprint density at radius 3 is 2.73 bits per heavy atom. The van der Waals surface area contributed by atoms with E-state index in [1.807, 2.05) is 0 Å². The van der Waals surface area contributed by atoms with Gasteiger partial charge in [-0.1, -0.05) is 0 Å². The number of piperidine rings is 1. The fourth-order valence-electron chi connectivity index (χ4n) is 2.41. The molecule has 0 N–H and O–H groups in total. The Morgan fingerprint density at radius 2 is 2.13 bits per heavy atom. The maximum atomic E-state index is 11.7. The summed E-state index contributed by atoms with van der Waals surface area (Å²) in [4.78, 5) is 16.3. The van der Waals surface area contributed by atoms with Crippen molar-refractivity contribution in [2.24, 2.45) is 5.92 Å². The second-order valence-corrected chi connectivity index (χ2v) is 5.21. The summed E-state index contributed by atoms with van der Waals surface area (Å²) in [7, 11) is 4.27. The number of hydrogen-bond donors (Lipinski definition) is 0. The number of rotatable bonds is 4. The van der Waals surface area contributed by atoms with E-state index in [0.717, 1.165) is 19.4 Å². The van der Waals surface area contributed by atoms with Gasteiger partial charge in [-0.3, -0.25) is 9.69 Å². The van der Waals surface area contributed by atoms with Crippen molar-refractivity contribution in [2.45, 2.75) is 31.7 Å². The van der Waals surface area contributed by atoms with E-state index < -0.39 is 0 Å². The van der Waals surface area contributed by atoms with Gasteiger partial charge in [-0.25, -0.2) is 0 Å². The van der Waals surface area contributed by atoms with Gasteiger partial charge in [0.15, 0.2) is 0 Å². The number of ketones is 1. The van der Waals surface area contributed by atoms with E-state index in [4.69, 9.17) is 0 Å². The second-order valence-electron chi connectivity index (χ2n) is 5.21. The molecule has 1 aliphatic heterocycles. The molecule has 0 amide bonds. The zero-order valence-corrected chi connectivity index (χ0v) is 9.91. The van der Waals surface area contributed by atoms with Gasteiger partial charge in [-0.2, -0.15) is 0 Å². The van der Waals surface area contributed by atoms with Crippen LogP contribution in [0.5, 0.6) is 0 Å². The predicted molar refractivity (Wildman–Crippen MR) is 60.9 cm³/mol. The summed E-state index contributed by atoms with van der Waals surface area (Å²) >= 11 is 0. The molecule has 0 aromatic heterocycles. The van der Waals surface area contributed by atoms with Gasteiger partial charge < -0.3 is 4.90 Å². The number of nitrogens with zero attached hydrogens (tertiary/aromatic N) is 2. The summed E-state index contributed by atoms with van der Waals surface area (Å²) in [5.41, 5.74) is 0. The molecular weight excluding hydrogens is 188 g/mol. The van der Waals surface area contributed by atoms with E-state index in [0.29, 0.717) is 24.3 Å². The van der Waals surface area contributed by atoms with Gasteiger partial charge in [-0.05, 0) is 46.3 Å². The van der Waals surface area contributed by atoms with Crippen LogP contribution < -0.4 is 0 Å². The number of hydrogen-bond acceptors (Lipinski definition) is 3. The molecule has 86 valence electrons. The zero-order chi connectivity index (χ0) is 10.8. The van der Waals surface area contributed by atoms with E-state index in [-0.39, 0.29) is 0 Å². The maximum Gasteiger partial charge on any atom is 0.149 e. The average molecular weight is 210 g/mol. The summed E-state index contributed by atoms with van der Waals surface area (Å²) in [5, 5.41) is 0. The van der Waals surface area contributed by atoms with Crippen molar-refractivity contribution >= 4 is 5.78 Å². The molecule has 3 heteroatoms. The third-order valence-electron chi connectivity index (χ3n) is 3.66. The van der Waals surface area contributed by atoms with Gasteiger partial charge in [0.1, 0.15) is 5.78 Å². The minimum absolute atomic E-state index is 0.411. The van der Waals surface area contributed by atoms with Gasteiger partial charge in [0.2, 0.25) is 0 Å². The predicted octanol–water partition coefficient (Wildman–Crippen LogP) is 0.991. The smallest absolute Gasteiger partial charge is 0.149 e. The van der Waals surface area contributed by atoms with Crippen LogP contribution in [0.25, 0.3) is 0 Å². The Balaban J connectivity index is 1.78. The third-order valence-corrected chi connectivity index (χ3v) is 3.66. The molecule has 2 rings (SSSR count). The number of Topliss-reactive ketones (excluding diaryl/α,β-unsaturated/α-hetero) is 1. The maximum absolute atomic E-state index is 11.7. The molecule has 3 nitrogen and oxygen atoms in total. The molecule has 2 aliphatic rings. The van der Waals surface area contributed by atoms with Crippen LogP contribution in [0, 0.1) is 5.92 Å². The Hall–Kier alpha value is -0.410. The van der Waals surface area contributed by atoms with E-state index in [2.05, 4.69) is 23.9 Å². The molecule has 1 heterocycles. The third kappa shape index (κ3) is 3.02. The van der Waals surface area contributed by atoms with Crippen molar-refractivity contribution < 1.29 is 4.79 Å². The Morgan fingerprint density at radius 1 is 1.40 bits per heavy atom. The van der Waals surface area contributed by atoms with Crippen molar-refractivity contribution in [2.75, 3.05) is 33.7 Å². The van der Waals surface area contributed by atoms with Gasteiger partial charge in [-0.15, -0.1) is 0 Å². The topological polar surface area (TPSA) is 23.6 Å². The molecule has 0 bridgehead atoms. The first kappa shape index (κ1) is 11.1. The highest BCUT2D eigenvalue weighted by atomic mass is 16.1. The Bertz CT molecular complexity index is 238. The van der Waals surface area contributed by atoms with Crippen LogP contribution in [-0.4, -0.2) is 55.4 Å². The molecule has 1 unspecified atom stereocenters. The van der Waals surface area contributed by atoms with Gasteiger partial charge in [0.25, 0.3) is 0 Å². The van der Waals surface area contributed by atoms with Crippen molar-refractivity contribution in [3.05, 3.63) is 0 Å². The van der Waals surface area contributed by atoms with Crippen molar-refractivity contribution in [1.82, 2.24) is 9.80 Å². The largest absolute Gasteiger partial charge is 0.305 e. The summed E-state index contributed by atoms with van der Waals surface area (Å²) < 4.78 is 0. The van der Waals surface area contributed by atoms with Crippen molar-refractivity contribution in [1.29, 1.82) is 0 Å². The molecule has 0 aromatic rings. The number of carbonyl (C=O) groups is 1. The Labute approximate surface area is 92.4 Å². The minimum atomic E-state index is 0.411. The highest BCUT2D eigenvalue weighted by Crippen LogP contribution is 2.30. The highest BCUT2D eigenvalue weighted by molar-refractivity contribution is 5.84. The van der Waals surface area contributed by atoms with Crippen molar-refractivity contribution in [3.63, 3.8) is 0 Å². The van der Waals surface area contributed by atoms with E-state index in [1.54, 1.807) is 0 Å². The number of likely N-dealkylation sites (N-methyl/N-ethyl adjacent to an activating group) is 2. The molecule has 1 saturated heterocycles. The molecule has 1 aliphatic carbocycles. The Kier molecular flexibility index (Phi) is 3.42. The fourth-order valence-corrected chi connectivity index (χ4v) is 2.41. The summed E-state index contributed by atoms with van der Waals surface area (Å²) in [6, 6.07) is 0.589. The molecular formula is C12H22N2O. The van der Waals surface area contributed by atoms with Crippen LogP contribution in [0.15, 0.2) is 0 Å². The first-order chi connectivity index (χ1) is 7.16. The van der Waals surface area contributed by atoms with Gasteiger partial charge in [0.05, 0.1) is 6.54 Å². The molecule has 2 fully saturated rings. The van der Waals surface area contributed by atoms with E-state index in [1.165, 1.54) is 19.4 Å². The van der Waals surface area contributed by atoms with Crippen LogP contribution in [0.2, 0.25) is 0 Å².